The first-order valence-electron chi connectivity index (χ1n) is 7.31. The Morgan fingerprint density at radius 1 is 1.17 bits per heavy atom. The highest BCUT2D eigenvalue weighted by molar-refractivity contribution is 7.92. The van der Waals surface area contributed by atoms with Crippen LogP contribution in [-0.2, 0) is 14.8 Å². The molecule has 2 rings (SSSR count). The van der Waals surface area contributed by atoms with Crippen LogP contribution in [0.1, 0.15) is 12.5 Å². The van der Waals surface area contributed by atoms with E-state index in [1.165, 1.54) is 0 Å². The number of carbonyl (C=O) groups is 1. The lowest BCUT2D eigenvalue weighted by atomic mass is 10.2. The van der Waals surface area contributed by atoms with Crippen molar-refractivity contribution in [3.63, 3.8) is 0 Å². The number of carbonyl (C=O) groups excluding carboxylic acids is 1. The third kappa shape index (κ3) is 4.27. The number of aryl methyl sites for hydroxylation is 1. The molecule has 0 unspecified atom stereocenters. The van der Waals surface area contributed by atoms with E-state index in [0.717, 1.165) is 16.1 Å². The van der Waals surface area contributed by atoms with E-state index in [4.69, 9.17) is 11.6 Å². The van der Waals surface area contributed by atoms with E-state index < -0.39 is 22.0 Å². The van der Waals surface area contributed by atoms with E-state index >= 15 is 0 Å². The van der Waals surface area contributed by atoms with E-state index in [1.807, 2.05) is 6.92 Å². The minimum Gasteiger partial charge on any atom is -0.324 e. The molecule has 0 heterocycles. The number of sulfonamides is 1. The molecule has 1 atom stereocenters. The Kier molecular flexibility index (Phi) is 5.51. The zero-order chi connectivity index (χ0) is 17.9. The van der Waals surface area contributed by atoms with Gasteiger partial charge in [0.1, 0.15) is 6.04 Å². The van der Waals surface area contributed by atoms with Crippen molar-refractivity contribution in [1.29, 1.82) is 0 Å². The molecule has 2 aromatic rings. The maximum atomic E-state index is 12.6. The average Bonchev–Trinajstić information content (AvgIpc) is 2.50. The van der Waals surface area contributed by atoms with Gasteiger partial charge in [-0.05, 0) is 43.7 Å². The van der Waals surface area contributed by atoms with Gasteiger partial charge in [0.25, 0.3) is 0 Å². The first kappa shape index (κ1) is 18.3. The van der Waals surface area contributed by atoms with E-state index in [9.17, 15) is 13.2 Å². The first-order valence-corrected chi connectivity index (χ1v) is 9.54. The second kappa shape index (κ2) is 7.23. The van der Waals surface area contributed by atoms with Crippen molar-refractivity contribution in [3.05, 3.63) is 59.1 Å². The van der Waals surface area contributed by atoms with Gasteiger partial charge in [0.2, 0.25) is 15.9 Å². The van der Waals surface area contributed by atoms with Gasteiger partial charge in [0.05, 0.1) is 11.9 Å². The largest absolute Gasteiger partial charge is 0.324 e. The molecule has 0 spiro atoms. The summed E-state index contributed by atoms with van der Waals surface area (Å²) >= 11 is 5.95. The van der Waals surface area contributed by atoms with Crippen molar-refractivity contribution >= 4 is 38.9 Å². The number of nitrogens with one attached hydrogen (secondary N) is 1. The molecule has 0 aliphatic rings. The summed E-state index contributed by atoms with van der Waals surface area (Å²) in [4.78, 5) is 12.6. The number of hydrogen-bond donors (Lipinski definition) is 1. The number of anilines is 2. The minimum atomic E-state index is -3.63. The Morgan fingerprint density at radius 3 is 2.38 bits per heavy atom. The molecular formula is C17H19ClN2O3S. The van der Waals surface area contributed by atoms with Gasteiger partial charge in [-0.25, -0.2) is 8.42 Å². The maximum Gasteiger partial charge on any atom is 0.248 e. The van der Waals surface area contributed by atoms with Crippen LogP contribution in [0.15, 0.2) is 48.5 Å². The van der Waals surface area contributed by atoms with Gasteiger partial charge in [-0.1, -0.05) is 35.9 Å². The standard InChI is InChI=1S/C17H19ClN2O3S/c1-12-9-10-14(18)11-16(12)19-17(21)13(2)20(24(3,22)23)15-7-5-4-6-8-15/h4-11,13H,1-3H3,(H,19,21)/t13-/m0/s1. The van der Waals surface area contributed by atoms with Crippen LogP contribution in [0.2, 0.25) is 5.02 Å². The molecule has 0 radical (unpaired) electrons. The van der Waals surface area contributed by atoms with Crippen molar-refractivity contribution in [2.75, 3.05) is 15.9 Å². The molecule has 0 aliphatic heterocycles. The quantitative estimate of drug-likeness (QED) is 0.881. The summed E-state index contributed by atoms with van der Waals surface area (Å²) in [7, 11) is -3.63. The Balaban J connectivity index is 2.31. The number of hydrogen-bond acceptors (Lipinski definition) is 3. The number of nitrogens with zero attached hydrogens (tertiary/aromatic N) is 1. The lowest BCUT2D eigenvalue weighted by Gasteiger charge is -2.28. The smallest absolute Gasteiger partial charge is 0.248 e. The third-order valence-corrected chi connectivity index (χ3v) is 5.03. The molecular weight excluding hydrogens is 348 g/mol. The fraction of sp³-hybridized carbons (Fsp3) is 0.235. The molecule has 0 saturated heterocycles. The third-order valence-electron chi connectivity index (χ3n) is 3.56. The van der Waals surface area contributed by atoms with Crippen molar-refractivity contribution in [2.45, 2.75) is 19.9 Å². The summed E-state index contributed by atoms with van der Waals surface area (Å²) in [6, 6.07) is 12.7. The zero-order valence-electron chi connectivity index (χ0n) is 13.7. The lowest BCUT2D eigenvalue weighted by molar-refractivity contribution is -0.116. The highest BCUT2D eigenvalue weighted by Crippen LogP contribution is 2.23. The fourth-order valence-corrected chi connectivity index (χ4v) is 3.70. The summed E-state index contributed by atoms with van der Waals surface area (Å²) in [5.41, 5.74) is 1.83. The summed E-state index contributed by atoms with van der Waals surface area (Å²) < 4.78 is 25.5. The van der Waals surface area contributed by atoms with E-state index in [1.54, 1.807) is 55.5 Å². The molecule has 7 heteroatoms. The van der Waals surface area contributed by atoms with Crippen LogP contribution in [0.25, 0.3) is 0 Å². The molecule has 1 N–H and O–H groups in total. The summed E-state index contributed by atoms with van der Waals surface area (Å²) in [5, 5.41) is 3.24. The summed E-state index contributed by atoms with van der Waals surface area (Å²) in [5.74, 6) is -0.436. The van der Waals surface area contributed by atoms with Gasteiger partial charge in [-0.2, -0.15) is 0 Å². The second-order valence-corrected chi connectivity index (χ2v) is 7.81. The number of benzene rings is 2. The predicted octanol–water partition coefficient (Wildman–Crippen LogP) is 3.44. The molecule has 0 bridgehead atoms. The average molecular weight is 367 g/mol. The molecule has 128 valence electrons. The lowest BCUT2D eigenvalue weighted by Crippen LogP contribution is -2.45. The van der Waals surface area contributed by atoms with E-state index in [0.29, 0.717) is 16.4 Å². The number of para-hydroxylation sites is 1. The van der Waals surface area contributed by atoms with Crippen LogP contribution in [0, 0.1) is 6.92 Å². The topological polar surface area (TPSA) is 66.5 Å². The Hall–Kier alpha value is -2.05. The van der Waals surface area contributed by atoms with Crippen LogP contribution in [0.3, 0.4) is 0 Å². The number of amides is 1. The molecule has 2 aromatic carbocycles. The number of halogens is 1. The van der Waals surface area contributed by atoms with Crippen LogP contribution in [0.5, 0.6) is 0 Å². The molecule has 24 heavy (non-hydrogen) atoms. The Bertz CT molecular complexity index is 838. The summed E-state index contributed by atoms with van der Waals surface area (Å²) in [6.07, 6.45) is 1.08. The second-order valence-electron chi connectivity index (χ2n) is 5.52. The van der Waals surface area contributed by atoms with Crippen molar-refractivity contribution in [1.82, 2.24) is 0 Å². The maximum absolute atomic E-state index is 12.6. The van der Waals surface area contributed by atoms with Gasteiger partial charge in [-0.3, -0.25) is 9.10 Å². The van der Waals surface area contributed by atoms with E-state index in [2.05, 4.69) is 5.32 Å². The Labute approximate surface area is 147 Å². The molecule has 0 saturated carbocycles. The predicted molar refractivity (Wildman–Crippen MR) is 98.0 cm³/mol. The fourth-order valence-electron chi connectivity index (χ4n) is 2.35. The highest BCUT2D eigenvalue weighted by Gasteiger charge is 2.29. The van der Waals surface area contributed by atoms with Gasteiger partial charge < -0.3 is 5.32 Å². The van der Waals surface area contributed by atoms with Gasteiger partial charge in [0.15, 0.2) is 0 Å². The minimum absolute atomic E-state index is 0.436. The normalized spacial score (nSPS) is 12.5. The molecule has 1 amide bonds. The summed E-state index contributed by atoms with van der Waals surface area (Å²) in [6.45, 7) is 3.38. The van der Waals surface area contributed by atoms with Crippen molar-refractivity contribution in [2.24, 2.45) is 0 Å². The zero-order valence-corrected chi connectivity index (χ0v) is 15.2. The highest BCUT2D eigenvalue weighted by atomic mass is 35.5. The monoisotopic (exact) mass is 366 g/mol. The first-order chi connectivity index (χ1) is 11.2. The molecule has 0 aliphatic carbocycles. The van der Waals surface area contributed by atoms with Crippen LogP contribution in [0.4, 0.5) is 11.4 Å². The van der Waals surface area contributed by atoms with Gasteiger partial charge in [-0.15, -0.1) is 0 Å². The SMILES string of the molecule is Cc1ccc(Cl)cc1NC(=O)[C@H](C)N(c1ccccc1)S(C)(=O)=O. The van der Waals surface area contributed by atoms with Gasteiger partial charge in [0, 0.05) is 10.7 Å². The van der Waals surface area contributed by atoms with E-state index in [-0.39, 0.29) is 0 Å². The van der Waals surface area contributed by atoms with Crippen LogP contribution in [-0.4, -0.2) is 26.6 Å². The Morgan fingerprint density at radius 2 is 1.79 bits per heavy atom. The van der Waals surface area contributed by atoms with Crippen LogP contribution >= 0.6 is 11.6 Å². The van der Waals surface area contributed by atoms with Crippen molar-refractivity contribution in [3.8, 4) is 0 Å². The molecule has 0 aromatic heterocycles. The van der Waals surface area contributed by atoms with Crippen LogP contribution < -0.4 is 9.62 Å². The molecule has 5 nitrogen and oxygen atoms in total. The molecule has 0 fully saturated rings. The van der Waals surface area contributed by atoms with Gasteiger partial charge >= 0.3 is 0 Å². The van der Waals surface area contributed by atoms with Crippen molar-refractivity contribution < 1.29 is 13.2 Å². The number of rotatable bonds is 5.